The molecule has 0 bridgehead atoms. The minimum atomic E-state index is 0.700. The lowest BCUT2D eigenvalue weighted by atomic mass is 10.1. The van der Waals surface area contributed by atoms with Gasteiger partial charge < -0.3 is 15.4 Å². The minimum absolute atomic E-state index is 0.700. The van der Waals surface area contributed by atoms with E-state index in [-0.39, 0.29) is 0 Å². The average molecular weight is 345 g/mol. The maximum atomic E-state index is 6.08. The number of hydrogen-bond donors (Lipinski definition) is 1. The van der Waals surface area contributed by atoms with E-state index < -0.39 is 0 Å². The van der Waals surface area contributed by atoms with Crippen LogP contribution in [0.4, 0.5) is 11.4 Å². The van der Waals surface area contributed by atoms with Crippen LogP contribution in [0.5, 0.6) is 5.75 Å². The number of anilines is 2. The van der Waals surface area contributed by atoms with Gasteiger partial charge >= 0.3 is 0 Å². The summed E-state index contributed by atoms with van der Waals surface area (Å²) in [5.41, 5.74) is 12.6. The number of para-hydroxylation sites is 2. The van der Waals surface area contributed by atoms with Crippen molar-refractivity contribution in [3.8, 4) is 11.4 Å². The summed E-state index contributed by atoms with van der Waals surface area (Å²) in [5, 5.41) is 0. The molecule has 1 aromatic heterocycles. The SMILES string of the molecule is COc1ccccc1-[n+]1c2cc(N)ccc2nc2ccc(N(C)C)cc21. The van der Waals surface area contributed by atoms with Crippen LogP contribution >= 0.6 is 0 Å². The maximum Gasteiger partial charge on any atom is 0.254 e. The second-order valence-electron chi connectivity index (χ2n) is 6.43. The number of aromatic nitrogens is 2. The minimum Gasteiger partial charge on any atom is -0.490 e. The molecule has 4 rings (SSSR count). The van der Waals surface area contributed by atoms with Crippen LogP contribution in [0.2, 0.25) is 0 Å². The van der Waals surface area contributed by atoms with Gasteiger partial charge in [0.05, 0.1) is 7.11 Å². The molecule has 0 radical (unpaired) electrons. The van der Waals surface area contributed by atoms with E-state index in [1.165, 1.54) is 0 Å². The Morgan fingerprint density at radius 1 is 0.923 bits per heavy atom. The monoisotopic (exact) mass is 345 g/mol. The first-order chi connectivity index (χ1) is 12.6. The Balaban J connectivity index is 2.20. The van der Waals surface area contributed by atoms with Gasteiger partial charge in [0.2, 0.25) is 11.0 Å². The quantitative estimate of drug-likeness (QED) is 0.352. The smallest absolute Gasteiger partial charge is 0.254 e. The number of methoxy groups -OCH3 is 1. The Kier molecular flexibility index (Phi) is 3.84. The Labute approximate surface area is 152 Å². The molecular formula is C21H21N4O+. The molecular weight excluding hydrogens is 324 g/mol. The number of fused-ring (bicyclic) bond motifs is 2. The van der Waals surface area contributed by atoms with Gasteiger partial charge in [0, 0.05) is 43.7 Å². The largest absolute Gasteiger partial charge is 0.490 e. The number of ether oxygens (including phenoxy) is 1. The standard InChI is InChI=1S/C21H20N4O/c1-24(2)15-9-11-17-20(13-15)25(18-6-4-5-7-21(18)26-3)19-12-14(22)8-10-16(19)23-17/h4-13,22H,1-3H3/p+1. The fraction of sp³-hybridized carbons (Fsp3) is 0.143. The second kappa shape index (κ2) is 6.19. The summed E-state index contributed by atoms with van der Waals surface area (Å²) >= 11 is 0. The van der Waals surface area contributed by atoms with Crippen molar-refractivity contribution in [2.75, 3.05) is 31.8 Å². The molecule has 1 heterocycles. The van der Waals surface area contributed by atoms with Crippen molar-refractivity contribution in [2.24, 2.45) is 0 Å². The molecule has 2 N–H and O–H groups in total. The molecule has 3 aromatic carbocycles. The number of rotatable bonds is 3. The highest BCUT2D eigenvalue weighted by Gasteiger charge is 2.23. The molecule has 26 heavy (non-hydrogen) atoms. The number of nitrogen functional groups attached to an aromatic ring is 1. The van der Waals surface area contributed by atoms with Crippen molar-refractivity contribution < 1.29 is 9.30 Å². The van der Waals surface area contributed by atoms with Gasteiger partial charge in [0.25, 0.3) is 5.69 Å². The van der Waals surface area contributed by atoms with Gasteiger partial charge in [-0.15, -0.1) is 4.57 Å². The van der Waals surface area contributed by atoms with Crippen LogP contribution in [-0.2, 0) is 0 Å². The lowest BCUT2D eigenvalue weighted by Crippen LogP contribution is -2.34. The fourth-order valence-electron chi connectivity index (χ4n) is 3.21. The number of benzene rings is 3. The molecule has 0 aliphatic carbocycles. The summed E-state index contributed by atoms with van der Waals surface area (Å²) in [6, 6.07) is 20.0. The fourth-order valence-corrected chi connectivity index (χ4v) is 3.21. The third-order valence-corrected chi connectivity index (χ3v) is 4.52. The van der Waals surface area contributed by atoms with E-state index in [4.69, 9.17) is 15.5 Å². The van der Waals surface area contributed by atoms with Crippen LogP contribution in [0, 0.1) is 0 Å². The highest BCUT2D eigenvalue weighted by Crippen LogP contribution is 2.26. The Morgan fingerprint density at radius 2 is 1.62 bits per heavy atom. The van der Waals surface area contributed by atoms with Crippen LogP contribution in [0.3, 0.4) is 0 Å². The molecule has 5 nitrogen and oxygen atoms in total. The summed E-state index contributed by atoms with van der Waals surface area (Å²) in [5.74, 6) is 0.795. The Bertz CT molecular complexity index is 1120. The van der Waals surface area contributed by atoms with Gasteiger partial charge in [-0.25, -0.2) is 4.98 Å². The highest BCUT2D eigenvalue weighted by molar-refractivity contribution is 5.85. The Morgan fingerprint density at radius 3 is 2.35 bits per heavy atom. The van der Waals surface area contributed by atoms with Gasteiger partial charge in [0.1, 0.15) is 11.0 Å². The molecule has 0 amide bonds. The molecule has 0 aliphatic heterocycles. The van der Waals surface area contributed by atoms with E-state index in [0.717, 1.165) is 39.2 Å². The van der Waals surface area contributed by atoms with Crippen molar-refractivity contribution in [2.45, 2.75) is 0 Å². The number of hydrogen-bond acceptors (Lipinski definition) is 4. The highest BCUT2D eigenvalue weighted by atomic mass is 16.5. The Hall–Kier alpha value is -3.34. The van der Waals surface area contributed by atoms with Crippen LogP contribution in [0.1, 0.15) is 0 Å². The van der Waals surface area contributed by atoms with Crippen LogP contribution < -0.4 is 19.9 Å². The summed E-state index contributed by atoms with van der Waals surface area (Å²) in [6.07, 6.45) is 0. The number of nitrogens with two attached hydrogens (primary N) is 1. The zero-order chi connectivity index (χ0) is 18.3. The third kappa shape index (κ3) is 2.58. The van der Waals surface area contributed by atoms with E-state index in [2.05, 4.69) is 21.6 Å². The molecule has 0 spiro atoms. The van der Waals surface area contributed by atoms with Crippen molar-refractivity contribution in [1.29, 1.82) is 0 Å². The number of nitrogens with zero attached hydrogens (tertiary/aromatic N) is 3. The lowest BCUT2D eigenvalue weighted by molar-refractivity contribution is -0.538. The predicted molar refractivity (Wildman–Crippen MR) is 106 cm³/mol. The van der Waals surface area contributed by atoms with Crippen LogP contribution in [0.15, 0.2) is 60.7 Å². The van der Waals surface area contributed by atoms with Crippen molar-refractivity contribution in [1.82, 2.24) is 4.98 Å². The van der Waals surface area contributed by atoms with Gasteiger partial charge in [-0.1, -0.05) is 12.1 Å². The van der Waals surface area contributed by atoms with E-state index in [1.54, 1.807) is 7.11 Å². The maximum absolute atomic E-state index is 6.08. The molecule has 0 saturated heterocycles. The summed E-state index contributed by atoms with van der Waals surface area (Å²) in [4.78, 5) is 6.90. The first kappa shape index (κ1) is 16.1. The van der Waals surface area contributed by atoms with Crippen molar-refractivity contribution in [3.63, 3.8) is 0 Å². The van der Waals surface area contributed by atoms with E-state index >= 15 is 0 Å². The summed E-state index contributed by atoms with van der Waals surface area (Å²) in [6.45, 7) is 0. The molecule has 0 aliphatic rings. The molecule has 0 fully saturated rings. The van der Waals surface area contributed by atoms with Gasteiger partial charge in [-0.2, -0.15) is 0 Å². The van der Waals surface area contributed by atoms with Crippen LogP contribution in [-0.4, -0.2) is 26.2 Å². The molecule has 5 heteroatoms. The molecule has 4 aromatic rings. The van der Waals surface area contributed by atoms with Gasteiger partial charge in [-0.3, -0.25) is 0 Å². The van der Waals surface area contributed by atoms with E-state index in [0.29, 0.717) is 5.69 Å². The molecule has 130 valence electrons. The zero-order valence-corrected chi connectivity index (χ0v) is 15.1. The van der Waals surface area contributed by atoms with Crippen LogP contribution in [0.25, 0.3) is 27.8 Å². The molecule has 0 unspecified atom stereocenters. The zero-order valence-electron chi connectivity index (χ0n) is 15.1. The normalized spacial score (nSPS) is 11.0. The lowest BCUT2D eigenvalue weighted by Gasteiger charge is -2.13. The van der Waals surface area contributed by atoms with Crippen molar-refractivity contribution >= 4 is 33.4 Å². The topological polar surface area (TPSA) is 55.3 Å². The first-order valence-corrected chi connectivity index (χ1v) is 8.44. The average Bonchev–Trinajstić information content (AvgIpc) is 2.65. The molecule has 0 atom stereocenters. The second-order valence-corrected chi connectivity index (χ2v) is 6.43. The van der Waals surface area contributed by atoms with E-state index in [1.807, 2.05) is 62.6 Å². The van der Waals surface area contributed by atoms with Gasteiger partial charge in [-0.05, 0) is 30.3 Å². The predicted octanol–water partition coefficient (Wildman–Crippen LogP) is 3.32. The van der Waals surface area contributed by atoms with E-state index in [9.17, 15) is 0 Å². The molecule has 0 saturated carbocycles. The summed E-state index contributed by atoms with van der Waals surface area (Å²) < 4.78 is 7.79. The van der Waals surface area contributed by atoms with Crippen molar-refractivity contribution in [3.05, 3.63) is 60.7 Å². The first-order valence-electron chi connectivity index (χ1n) is 8.44. The third-order valence-electron chi connectivity index (χ3n) is 4.52. The summed E-state index contributed by atoms with van der Waals surface area (Å²) in [7, 11) is 5.74. The van der Waals surface area contributed by atoms with Gasteiger partial charge in [0.15, 0.2) is 5.75 Å².